The van der Waals surface area contributed by atoms with Crippen molar-refractivity contribution < 1.29 is 14.3 Å². The van der Waals surface area contributed by atoms with Crippen molar-refractivity contribution in [2.75, 3.05) is 6.61 Å². The predicted octanol–water partition coefficient (Wildman–Crippen LogP) is 3.63. The maximum absolute atomic E-state index is 12.3. The highest BCUT2D eigenvalue weighted by Gasteiger charge is 2.22. The van der Waals surface area contributed by atoms with Crippen molar-refractivity contribution in [2.24, 2.45) is 5.92 Å². The van der Waals surface area contributed by atoms with Crippen LogP contribution in [0, 0.1) is 5.92 Å². The molecule has 0 unspecified atom stereocenters. The highest BCUT2D eigenvalue weighted by molar-refractivity contribution is 5.99. The standard InChI is InChI=1S/C16H20O3/c1-2-19-16(18)14-10-8-13(9-11-14)15(17)12-6-4-3-5-7-12/h8-12H,2-7H2,1H3. The molecule has 2 rings (SSSR count). The fourth-order valence-electron chi connectivity index (χ4n) is 2.59. The Hall–Kier alpha value is -1.64. The highest BCUT2D eigenvalue weighted by Crippen LogP contribution is 2.27. The lowest BCUT2D eigenvalue weighted by atomic mass is 9.84. The van der Waals surface area contributed by atoms with Crippen molar-refractivity contribution in [3.8, 4) is 0 Å². The topological polar surface area (TPSA) is 43.4 Å². The van der Waals surface area contributed by atoms with E-state index in [1.807, 2.05) is 0 Å². The maximum atomic E-state index is 12.3. The van der Waals surface area contributed by atoms with E-state index in [0.29, 0.717) is 17.7 Å². The lowest BCUT2D eigenvalue weighted by Gasteiger charge is -2.20. The molecule has 0 radical (unpaired) electrons. The summed E-state index contributed by atoms with van der Waals surface area (Å²) in [6, 6.07) is 6.83. The fraction of sp³-hybridized carbons (Fsp3) is 0.500. The smallest absolute Gasteiger partial charge is 0.338 e. The molecular formula is C16H20O3. The molecule has 3 nitrogen and oxygen atoms in total. The van der Waals surface area contributed by atoms with E-state index < -0.39 is 0 Å². The summed E-state index contributed by atoms with van der Waals surface area (Å²) in [6.45, 7) is 2.14. The van der Waals surface area contributed by atoms with Crippen LogP contribution < -0.4 is 0 Å². The van der Waals surface area contributed by atoms with E-state index in [2.05, 4.69) is 0 Å². The summed E-state index contributed by atoms with van der Waals surface area (Å²) in [5.41, 5.74) is 1.21. The number of ether oxygens (including phenoxy) is 1. The van der Waals surface area contributed by atoms with Crippen molar-refractivity contribution >= 4 is 11.8 Å². The monoisotopic (exact) mass is 260 g/mol. The Morgan fingerprint density at radius 3 is 2.21 bits per heavy atom. The number of ketones is 1. The molecule has 0 atom stereocenters. The van der Waals surface area contributed by atoms with Gasteiger partial charge < -0.3 is 4.74 Å². The largest absolute Gasteiger partial charge is 0.462 e. The number of esters is 1. The number of hydrogen-bond acceptors (Lipinski definition) is 3. The molecule has 0 heterocycles. The molecule has 1 aliphatic carbocycles. The molecular weight excluding hydrogens is 240 g/mol. The zero-order valence-electron chi connectivity index (χ0n) is 11.4. The van der Waals surface area contributed by atoms with Crippen LogP contribution in [0.3, 0.4) is 0 Å². The van der Waals surface area contributed by atoms with Gasteiger partial charge in [-0.3, -0.25) is 4.79 Å². The zero-order valence-corrected chi connectivity index (χ0v) is 11.4. The Labute approximate surface area is 114 Å². The zero-order chi connectivity index (χ0) is 13.7. The highest BCUT2D eigenvalue weighted by atomic mass is 16.5. The Kier molecular flexibility index (Phi) is 4.72. The van der Waals surface area contributed by atoms with Crippen LogP contribution in [-0.2, 0) is 4.74 Å². The number of benzene rings is 1. The average molecular weight is 260 g/mol. The first-order valence-corrected chi connectivity index (χ1v) is 7.03. The predicted molar refractivity (Wildman–Crippen MR) is 73.3 cm³/mol. The molecule has 0 saturated heterocycles. The maximum Gasteiger partial charge on any atom is 0.338 e. The summed E-state index contributed by atoms with van der Waals surface area (Å²) in [6.07, 6.45) is 5.54. The van der Waals surface area contributed by atoms with Crippen LogP contribution in [0.25, 0.3) is 0 Å². The Bertz CT molecular complexity index is 442. The molecule has 1 saturated carbocycles. The van der Waals surface area contributed by atoms with E-state index in [9.17, 15) is 9.59 Å². The quantitative estimate of drug-likeness (QED) is 0.613. The summed E-state index contributed by atoms with van der Waals surface area (Å²) < 4.78 is 4.92. The van der Waals surface area contributed by atoms with Crippen molar-refractivity contribution in [3.63, 3.8) is 0 Å². The Balaban J connectivity index is 2.05. The summed E-state index contributed by atoms with van der Waals surface area (Å²) in [7, 11) is 0. The molecule has 0 aromatic heterocycles. The minimum atomic E-state index is -0.334. The summed E-state index contributed by atoms with van der Waals surface area (Å²) >= 11 is 0. The molecule has 0 N–H and O–H groups in total. The average Bonchev–Trinajstić information content (AvgIpc) is 2.48. The van der Waals surface area contributed by atoms with Gasteiger partial charge in [0.15, 0.2) is 5.78 Å². The molecule has 0 spiro atoms. The van der Waals surface area contributed by atoms with Gasteiger partial charge >= 0.3 is 5.97 Å². The second-order valence-electron chi connectivity index (χ2n) is 5.00. The normalized spacial score (nSPS) is 16.1. The Morgan fingerprint density at radius 1 is 1.05 bits per heavy atom. The molecule has 0 amide bonds. The molecule has 1 fully saturated rings. The third-order valence-electron chi connectivity index (χ3n) is 3.66. The minimum absolute atomic E-state index is 0.169. The third kappa shape index (κ3) is 3.43. The van der Waals surface area contributed by atoms with Crippen LogP contribution in [0.15, 0.2) is 24.3 Å². The van der Waals surface area contributed by atoms with Gasteiger partial charge in [0.1, 0.15) is 0 Å². The van der Waals surface area contributed by atoms with Crippen molar-refractivity contribution in [3.05, 3.63) is 35.4 Å². The van der Waals surface area contributed by atoms with E-state index in [1.165, 1.54) is 6.42 Å². The van der Waals surface area contributed by atoms with Gasteiger partial charge in [-0.25, -0.2) is 4.79 Å². The van der Waals surface area contributed by atoms with Crippen LogP contribution in [0.5, 0.6) is 0 Å². The molecule has 0 bridgehead atoms. The van der Waals surface area contributed by atoms with Gasteiger partial charge in [0.2, 0.25) is 0 Å². The van der Waals surface area contributed by atoms with Crippen LogP contribution in [0.4, 0.5) is 0 Å². The second-order valence-corrected chi connectivity index (χ2v) is 5.00. The van der Waals surface area contributed by atoms with Crippen molar-refractivity contribution in [2.45, 2.75) is 39.0 Å². The third-order valence-corrected chi connectivity index (χ3v) is 3.66. The van der Waals surface area contributed by atoms with Gasteiger partial charge in [-0.05, 0) is 31.9 Å². The van der Waals surface area contributed by atoms with Crippen LogP contribution in [0.1, 0.15) is 59.7 Å². The van der Waals surface area contributed by atoms with E-state index >= 15 is 0 Å². The minimum Gasteiger partial charge on any atom is -0.462 e. The second kappa shape index (κ2) is 6.50. The SMILES string of the molecule is CCOC(=O)c1ccc(C(=O)C2CCCCC2)cc1. The van der Waals surface area contributed by atoms with Crippen LogP contribution in [0.2, 0.25) is 0 Å². The number of Topliss-reactive ketones (excluding diaryl/α,β-unsaturated/α-hetero) is 1. The summed E-state index contributed by atoms with van der Waals surface area (Å²) in [4.78, 5) is 23.8. The molecule has 0 aliphatic heterocycles. The summed E-state index contributed by atoms with van der Waals surface area (Å²) in [5, 5.41) is 0. The first-order valence-electron chi connectivity index (χ1n) is 7.03. The lowest BCUT2D eigenvalue weighted by molar-refractivity contribution is 0.0526. The van der Waals surface area contributed by atoms with Crippen LogP contribution >= 0.6 is 0 Å². The molecule has 1 aromatic rings. The van der Waals surface area contributed by atoms with Gasteiger partial charge in [-0.15, -0.1) is 0 Å². The van der Waals surface area contributed by atoms with Gasteiger partial charge in [-0.1, -0.05) is 31.4 Å². The first-order chi connectivity index (χ1) is 9.22. The van der Waals surface area contributed by atoms with Crippen molar-refractivity contribution in [1.29, 1.82) is 0 Å². The molecule has 1 aromatic carbocycles. The van der Waals surface area contributed by atoms with Crippen LogP contribution in [-0.4, -0.2) is 18.4 Å². The van der Waals surface area contributed by atoms with Gasteiger partial charge in [0, 0.05) is 11.5 Å². The molecule has 102 valence electrons. The van der Waals surface area contributed by atoms with Gasteiger partial charge in [-0.2, -0.15) is 0 Å². The van der Waals surface area contributed by atoms with Crippen molar-refractivity contribution in [1.82, 2.24) is 0 Å². The molecule has 3 heteroatoms. The fourth-order valence-corrected chi connectivity index (χ4v) is 2.59. The number of carbonyl (C=O) groups excluding carboxylic acids is 2. The lowest BCUT2D eigenvalue weighted by Crippen LogP contribution is -2.18. The first kappa shape index (κ1) is 13.8. The van der Waals surface area contributed by atoms with E-state index in [-0.39, 0.29) is 17.7 Å². The van der Waals surface area contributed by atoms with E-state index in [4.69, 9.17) is 4.74 Å². The van der Waals surface area contributed by atoms with E-state index in [1.54, 1.807) is 31.2 Å². The van der Waals surface area contributed by atoms with E-state index in [0.717, 1.165) is 25.7 Å². The summed E-state index contributed by atoms with van der Waals surface area (Å²) in [5.74, 6) is 0.0523. The van der Waals surface area contributed by atoms with Gasteiger partial charge in [0.05, 0.1) is 12.2 Å². The molecule has 19 heavy (non-hydrogen) atoms. The number of hydrogen-bond donors (Lipinski definition) is 0. The number of rotatable bonds is 4. The number of carbonyl (C=O) groups is 2. The van der Waals surface area contributed by atoms with Gasteiger partial charge in [0.25, 0.3) is 0 Å². The Morgan fingerprint density at radius 2 is 1.63 bits per heavy atom. The molecule has 1 aliphatic rings.